The summed E-state index contributed by atoms with van der Waals surface area (Å²) in [6.45, 7) is 5.07. The Morgan fingerprint density at radius 3 is 2.73 bits per heavy atom. The van der Waals surface area contributed by atoms with Gasteiger partial charge in [-0.3, -0.25) is 9.59 Å². The average molecular weight is 354 g/mol. The number of rotatable bonds is 4. The number of piperidine rings is 1. The molecule has 1 aromatic heterocycles. The van der Waals surface area contributed by atoms with Crippen molar-refractivity contribution in [1.82, 2.24) is 19.8 Å². The Morgan fingerprint density at radius 1 is 1.27 bits per heavy atom. The first-order valence-corrected chi connectivity index (χ1v) is 9.59. The molecular formula is C20H26N4O2. The second kappa shape index (κ2) is 6.74. The smallest absolute Gasteiger partial charge is 0.224 e. The second-order valence-corrected chi connectivity index (χ2v) is 7.61. The van der Waals surface area contributed by atoms with E-state index in [1.54, 1.807) is 0 Å². The monoisotopic (exact) mass is 354 g/mol. The van der Waals surface area contributed by atoms with Crippen LogP contribution in [0.2, 0.25) is 0 Å². The number of imidazole rings is 1. The molecule has 4 rings (SSSR count). The second-order valence-electron chi connectivity index (χ2n) is 7.61. The molecule has 2 saturated heterocycles. The first-order valence-electron chi connectivity index (χ1n) is 9.59. The molecule has 1 N–H and O–H groups in total. The van der Waals surface area contributed by atoms with Crippen LogP contribution in [0, 0.1) is 5.41 Å². The largest absolute Gasteiger partial charge is 0.356 e. The van der Waals surface area contributed by atoms with Gasteiger partial charge < -0.3 is 14.8 Å². The number of amides is 2. The zero-order valence-corrected chi connectivity index (χ0v) is 15.3. The van der Waals surface area contributed by atoms with E-state index in [9.17, 15) is 9.59 Å². The third-order valence-corrected chi connectivity index (χ3v) is 5.97. The van der Waals surface area contributed by atoms with Gasteiger partial charge in [-0.2, -0.15) is 0 Å². The van der Waals surface area contributed by atoms with Gasteiger partial charge in [-0.05, 0) is 30.4 Å². The van der Waals surface area contributed by atoms with Crippen LogP contribution in [-0.2, 0) is 22.6 Å². The van der Waals surface area contributed by atoms with Crippen molar-refractivity contribution in [2.45, 2.75) is 45.6 Å². The highest BCUT2D eigenvalue weighted by Gasteiger charge is 2.41. The van der Waals surface area contributed by atoms with Crippen LogP contribution in [0.25, 0.3) is 11.0 Å². The summed E-state index contributed by atoms with van der Waals surface area (Å²) in [5.74, 6) is 1.40. The van der Waals surface area contributed by atoms with Crippen LogP contribution in [0.4, 0.5) is 0 Å². The summed E-state index contributed by atoms with van der Waals surface area (Å²) in [7, 11) is 0. The molecule has 0 radical (unpaired) electrons. The molecule has 1 spiro atoms. The van der Waals surface area contributed by atoms with Crippen molar-refractivity contribution < 1.29 is 9.59 Å². The van der Waals surface area contributed by atoms with Gasteiger partial charge in [-0.1, -0.05) is 19.1 Å². The quantitative estimate of drug-likeness (QED) is 0.914. The predicted octanol–water partition coefficient (Wildman–Crippen LogP) is 2.12. The number of hydrogen-bond donors (Lipinski definition) is 1. The fourth-order valence-corrected chi connectivity index (χ4v) is 4.35. The Bertz CT molecular complexity index is 833. The minimum Gasteiger partial charge on any atom is -0.356 e. The first kappa shape index (κ1) is 17.1. The fourth-order valence-electron chi connectivity index (χ4n) is 4.35. The Kier molecular flexibility index (Phi) is 4.42. The van der Waals surface area contributed by atoms with Gasteiger partial charge in [-0.15, -0.1) is 0 Å². The molecule has 0 bridgehead atoms. The van der Waals surface area contributed by atoms with Crippen molar-refractivity contribution in [1.29, 1.82) is 0 Å². The predicted molar refractivity (Wildman–Crippen MR) is 99.6 cm³/mol. The van der Waals surface area contributed by atoms with Crippen molar-refractivity contribution in [2.24, 2.45) is 5.41 Å². The molecule has 6 heteroatoms. The highest BCUT2D eigenvalue weighted by atomic mass is 16.2. The number of fused-ring (bicyclic) bond motifs is 1. The molecule has 0 saturated carbocycles. The molecule has 2 aromatic rings. The summed E-state index contributed by atoms with van der Waals surface area (Å²) < 4.78 is 2.18. The molecule has 26 heavy (non-hydrogen) atoms. The molecule has 0 unspecified atom stereocenters. The number of carbonyl (C=O) groups excluding carboxylic acids is 2. The maximum Gasteiger partial charge on any atom is 0.224 e. The molecule has 2 amide bonds. The number of carbonyl (C=O) groups is 2. The van der Waals surface area contributed by atoms with Gasteiger partial charge in [0.25, 0.3) is 0 Å². The van der Waals surface area contributed by atoms with Gasteiger partial charge in [-0.25, -0.2) is 4.98 Å². The Morgan fingerprint density at radius 2 is 2.04 bits per heavy atom. The molecular weight excluding hydrogens is 328 g/mol. The van der Waals surface area contributed by atoms with Crippen LogP contribution in [0.1, 0.15) is 38.4 Å². The molecule has 0 aliphatic carbocycles. The number of likely N-dealkylation sites (tertiary alicyclic amines) is 1. The van der Waals surface area contributed by atoms with E-state index < -0.39 is 0 Å². The molecule has 6 nitrogen and oxygen atoms in total. The van der Waals surface area contributed by atoms with E-state index in [0.29, 0.717) is 19.4 Å². The standard InChI is InChI=1S/C20H26N4O2/c1-2-17-22-15-5-3-4-6-16(15)24(17)10-7-19(26)23-11-8-20(9-12-23)13-18(25)21-14-20/h3-6H,2,7-14H2,1H3,(H,21,25). The van der Waals surface area contributed by atoms with Crippen LogP contribution in [0.5, 0.6) is 0 Å². The number of nitrogens with one attached hydrogen (secondary N) is 1. The third-order valence-electron chi connectivity index (χ3n) is 5.97. The van der Waals surface area contributed by atoms with E-state index in [1.165, 1.54) is 0 Å². The lowest BCUT2D eigenvalue weighted by atomic mass is 9.77. The van der Waals surface area contributed by atoms with E-state index in [1.807, 2.05) is 23.1 Å². The maximum absolute atomic E-state index is 12.7. The molecule has 138 valence electrons. The van der Waals surface area contributed by atoms with E-state index in [-0.39, 0.29) is 17.2 Å². The summed E-state index contributed by atoms with van der Waals surface area (Å²) in [5.41, 5.74) is 2.18. The number of aromatic nitrogens is 2. The summed E-state index contributed by atoms with van der Waals surface area (Å²) in [4.78, 5) is 30.9. The molecule has 3 heterocycles. The van der Waals surface area contributed by atoms with Gasteiger partial charge in [0, 0.05) is 45.4 Å². The maximum atomic E-state index is 12.7. The number of para-hydroxylation sites is 2. The first-order chi connectivity index (χ1) is 12.6. The van der Waals surface area contributed by atoms with E-state index >= 15 is 0 Å². The molecule has 0 atom stereocenters. The third kappa shape index (κ3) is 3.08. The lowest BCUT2D eigenvalue weighted by molar-refractivity contribution is -0.133. The van der Waals surface area contributed by atoms with Crippen LogP contribution in [0.3, 0.4) is 0 Å². The van der Waals surface area contributed by atoms with Gasteiger partial charge in [0.15, 0.2) is 0 Å². The Labute approximate surface area is 153 Å². The highest BCUT2D eigenvalue weighted by molar-refractivity contribution is 5.80. The number of hydrogen-bond acceptors (Lipinski definition) is 3. The van der Waals surface area contributed by atoms with E-state index in [2.05, 4.69) is 27.9 Å². The van der Waals surface area contributed by atoms with Crippen LogP contribution >= 0.6 is 0 Å². The fraction of sp³-hybridized carbons (Fsp3) is 0.550. The van der Waals surface area contributed by atoms with Gasteiger partial charge in [0.05, 0.1) is 11.0 Å². The summed E-state index contributed by atoms with van der Waals surface area (Å²) in [6.07, 6.45) is 3.82. The molecule has 2 fully saturated rings. The molecule has 1 aromatic carbocycles. The lowest BCUT2D eigenvalue weighted by Crippen LogP contribution is -2.44. The van der Waals surface area contributed by atoms with Crippen molar-refractivity contribution >= 4 is 22.8 Å². The Hall–Kier alpha value is -2.37. The van der Waals surface area contributed by atoms with Crippen molar-refractivity contribution in [2.75, 3.05) is 19.6 Å². The minimum atomic E-state index is 0.0871. The zero-order valence-electron chi connectivity index (χ0n) is 15.3. The van der Waals surface area contributed by atoms with E-state index in [4.69, 9.17) is 0 Å². The van der Waals surface area contributed by atoms with Crippen molar-refractivity contribution in [3.63, 3.8) is 0 Å². The summed E-state index contributed by atoms with van der Waals surface area (Å²) >= 11 is 0. The van der Waals surface area contributed by atoms with Crippen molar-refractivity contribution in [3.8, 4) is 0 Å². The number of benzene rings is 1. The number of aryl methyl sites for hydroxylation is 2. The number of nitrogens with zero attached hydrogens (tertiary/aromatic N) is 3. The summed E-state index contributed by atoms with van der Waals surface area (Å²) in [5, 5.41) is 2.94. The van der Waals surface area contributed by atoms with Crippen LogP contribution in [0.15, 0.2) is 24.3 Å². The van der Waals surface area contributed by atoms with E-state index in [0.717, 1.165) is 55.8 Å². The molecule has 2 aliphatic rings. The van der Waals surface area contributed by atoms with Crippen LogP contribution in [-0.4, -0.2) is 45.9 Å². The topological polar surface area (TPSA) is 67.2 Å². The molecule has 2 aliphatic heterocycles. The van der Waals surface area contributed by atoms with Gasteiger partial charge in [0.1, 0.15) is 5.82 Å². The van der Waals surface area contributed by atoms with Gasteiger partial charge in [0.2, 0.25) is 11.8 Å². The summed E-state index contributed by atoms with van der Waals surface area (Å²) in [6, 6.07) is 8.10. The lowest BCUT2D eigenvalue weighted by Gasteiger charge is -2.38. The normalized spacial score (nSPS) is 19.3. The minimum absolute atomic E-state index is 0.0871. The van der Waals surface area contributed by atoms with Gasteiger partial charge >= 0.3 is 0 Å². The Balaban J connectivity index is 1.38. The average Bonchev–Trinajstić information content (AvgIpc) is 3.20. The highest BCUT2D eigenvalue weighted by Crippen LogP contribution is 2.37. The van der Waals surface area contributed by atoms with Crippen molar-refractivity contribution in [3.05, 3.63) is 30.1 Å². The zero-order chi connectivity index (χ0) is 18.1. The van der Waals surface area contributed by atoms with Crippen LogP contribution < -0.4 is 5.32 Å². The SMILES string of the molecule is CCc1nc2ccccc2n1CCC(=O)N1CCC2(CC1)CNC(=O)C2.